The van der Waals surface area contributed by atoms with Gasteiger partial charge in [0.1, 0.15) is 5.75 Å². The maximum absolute atomic E-state index is 13.9. The fourth-order valence-electron chi connectivity index (χ4n) is 4.16. The molecule has 38 heavy (non-hydrogen) atoms. The zero-order valence-electron chi connectivity index (χ0n) is 20.1. The highest BCUT2D eigenvalue weighted by molar-refractivity contribution is 7.92. The summed E-state index contributed by atoms with van der Waals surface area (Å²) in [6.07, 6.45) is 2.83. The number of hydrogen-bond donors (Lipinski definition) is 1. The summed E-state index contributed by atoms with van der Waals surface area (Å²) in [5.74, 6) is -1.69. The van der Waals surface area contributed by atoms with E-state index in [1.807, 2.05) is 0 Å². The van der Waals surface area contributed by atoms with Gasteiger partial charge in [0.2, 0.25) is 5.95 Å². The fourth-order valence-corrected chi connectivity index (χ4v) is 5.15. The van der Waals surface area contributed by atoms with E-state index in [-0.39, 0.29) is 16.4 Å². The number of anilines is 1. The quantitative estimate of drug-likeness (QED) is 0.334. The second-order valence-corrected chi connectivity index (χ2v) is 10.1. The third-order valence-electron chi connectivity index (χ3n) is 5.96. The first-order valence-electron chi connectivity index (χ1n) is 11.3. The maximum atomic E-state index is 13.9. The van der Waals surface area contributed by atoms with E-state index < -0.39 is 21.7 Å². The average molecular weight is 535 g/mol. The van der Waals surface area contributed by atoms with Gasteiger partial charge in [0.15, 0.2) is 11.6 Å². The van der Waals surface area contributed by atoms with Crippen LogP contribution >= 0.6 is 0 Å². The molecular weight excluding hydrogens is 514 g/mol. The molecule has 0 atom stereocenters. The van der Waals surface area contributed by atoms with Crippen LogP contribution in [0.2, 0.25) is 0 Å². The summed E-state index contributed by atoms with van der Waals surface area (Å²) in [6.45, 7) is 1.78. The van der Waals surface area contributed by atoms with Crippen LogP contribution in [0.4, 0.5) is 14.7 Å². The minimum Gasteiger partial charge on any atom is -0.495 e. The predicted octanol–water partition coefficient (Wildman–Crippen LogP) is 4.84. The molecule has 5 aromatic rings. The van der Waals surface area contributed by atoms with Crippen LogP contribution in [0.5, 0.6) is 5.75 Å². The number of nitrogens with zero attached hydrogens (tertiary/aromatic N) is 3. The Morgan fingerprint density at radius 2 is 1.68 bits per heavy atom. The molecule has 0 spiro atoms. The van der Waals surface area contributed by atoms with Crippen molar-refractivity contribution in [3.8, 4) is 22.6 Å². The monoisotopic (exact) mass is 534 g/mol. The largest absolute Gasteiger partial charge is 0.495 e. The Labute approximate surface area is 216 Å². The van der Waals surface area contributed by atoms with Gasteiger partial charge >= 0.3 is 0 Å². The van der Waals surface area contributed by atoms with Crippen molar-refractivity contribution in [2.45, 2.75) is 11.8 Å². The van der Waals surface area contributed by atoms with Gasteiger partial charge in [-0.1, -0.05) is 6.07 Å². The van der Waals surface area contributed by atoms with Crippen molar-refractivity contribution in [2.75, 3.05) is 11.8 Å². The molecule has 0 saturated carbocycles. The van der Waals surface area contributed by atoms with Crippen molar-refractivity contribution in [3.05, 3.63) is 107 Å². The highest BCUT2D eigenvalue weighted by Crippen LogP contribution is 2.34. The third kappa shape index (κ3) is 4.59. The number of rotatable bonds is 6. The van der Waals surface area contributed by atoms with E-state index in [1.54, 1.807) is 25.1 Å². The Morgan fingerprint density at radius 1 is 0.921 bits per heavy atom. The van der Waals surface area contributed by atoms with Crippen molar-refractivity contribution in [2.24, 2.45) is 0 Å². The number of methoxy groups -OCH3 is 1. The maximum Gasteiger partial charge on any atom is 0.264 e. The zero-order chi connectivity index (χ0) is 27.0. The summed E-state index contributed by atoms with van der Waals surface area (Å²) < 4.78 is 62.4. The molecule has 0 aliphatic rings. The summed E-state index contributed by atoms with van der Waals surface area (Å²) >= 11 is 0. The first-order valence-corrected chi connectivity index (χ1v) is 12.8. The number of nitrogens with one attached hydrogen (secondary N) is 1. The van der Waals surface area contributed by atoms with Gasteiger partial charge in [0.05, 0.1) is 23.2 Å². The molecule has 0 bridgehead atoms. The van der Waals surface area contributed by atoms with E-state index in [2.05, 4.69) is 14.7 Å². The van der Waals surface area contributed by atoms with Crippen molar-refractivity contribution < 1.29 is 21.9 Å². The van der Waals surface area contributed by atoms with E-state index in [1.165, 1.54) is 60.5 Å². The van der Waals surface area contributed by atoms with E-state index in [0.29, 0.717) is 39.0 Å². The normalized spacial score (nSPS) is 11.5. The number of sulfonamides is 1. The van der Waals surface area contributed by atoms with E-state index >= 15 is 0 Å². The molecule has 0 aliphatic heterocycles. The summed E-state index contributed by atoms with van der Waals surface area (Å²) in [5, 5.41) is 0.478. The van der Waals surface area contributed by atoms with Crippen molar-refractivity contribution in [3.63, 3.8) is 0 Å². The molecule has 0 aliphatic carbocycles. The fraction of sp³-hybridized carbons (Fsp3) is 0.0741. The molecule has 0 amide bonds. The molecular formula is C27H20F2N4O4S. The number of aryl methyl sites for hydroxylation is 1. The number of fused-ring (bicyclic) bond motifs is 1. The number of pyridine rings is 1. The number of halogens is 2. The van der Waals surface area contributed by atoms with Crippen LogP contribution in [0, 0.1) is 18.6 Å². The lowest BCUT2D eigenvalue weighted by molar-refractivity contribution is 0.413. The predicted molar refractivity (Wildman–Crippen MR) is 139 cm³/mol. The third-order valence-corrected chi connectivity index (χ3v) is 7.29. The lowest BCUT2D eigenvalue weighted by Gasteiger charge is -2.18. The van der Waals surface area contributed by atoms with Crippen LogP contribution in [0.3, 0.4) is 0 Å². The van der Waals surface area contributed by atoms with Gasteiger partial charge in [0.25, 0.3) is 15.6 Å². The van der Waals surface area contributed by atoms with Crippen LogP contribution in [-0.2, 0) is 10.0 Å². The van der Waals surface area contributed by atoms with Gasteiger partial charge in [-0.2, -0.15) is 0 Å². The molecule has 192 valence electrons. The average Bonchev–Trinajstić information content (AvgIpc) is 2.90. The Bertz CT molecular complexity index is 1860. The Morgan fingerprint density at radius 3 is 2.39 bits per heavy atom. The first kappa shape index (κ1) is 25.0. The highest BCUT2D eigenvalue weighted by atomic mass is 32.2. The lowest BCUT2D eigenvalue weighted by atomic mass is 9.99. The molecule has 2 aromatic heterocycles. The Balaban J connectivity index is 1.63. The summed E-state index contributed by atoms with van der Waals surface area (Å²) in [6, 6.07) is 15.7. The van der Waals surface area contributed by atoms with E-state index in [0.717, 1.165) is 12.1 Å². The van der Waals surface area contributed by atoms with Crippen LogP contribution in [-0.4, -0.2) is 30.1 Å². The topological polar surface area (TPSA) is 103 Å². The molecule has 8 nitrogen and oxygen atoms in total. The minimum absolute atomic E-state index is 0.0421. The Kier molecular flexibility index (Phi) is 6.37. The van der Waals surface area contributed by atoms with Crippen molar-refractivity contribution in [1.82, 2.24) is 14.5 Å². The smallest absolute Gasteiger partial charge is 0.264 e. The molecule has 0 unspecified atom stereocenters. The van der Waals surface area contributed by atoms with Gasteiger partial charge in [-0.3, -0.25) is 9.36 Å². The lowest BCUT2D eigenvalue weighted by Crippen LogP contribution is -2.19. The van der Waals surface area contributed by atoms with Crippen molar-refractivity contribution >= 4 is 26.9 Å². The first-order chi connectivity index (χ1) is 18.2. The van der Waals surface area contributed by atoms with Gasteiger partial charge in [-0.15, -0.1) is 0 Å². The second kappa shape index (κ2) is 9.67. The highest BCUT2D eigenvalue weighted by Gasteiger charge is 2.19. The zero-order valence-corrected chi connectivity index (χ0v) is 21.0. The molecule has 3 aromatic carbocycles. The molecule has 0 saturated heterocycles. The molecule has 0 radical (unpaired) electrons. The molecule has 2 heterocycles. The SMILES string of the molecule is COc1cc(-c2ccc(F)c(F)c2)c(C)cc1-n1c(=O)ccc2cc(S(=O)(=O)Nc3ncccn3)ccc21. The number of ether oxygens (including phenoxy) is 1. The minimum atomic E-state index is -4.00. The van der Waals surface area contributed by atoms with Gasteiger partial charge in [0, 0.05) is 23.8 Å². The summed E-state index contributed by atoms with van der Waals surface area (Å²) in [5.41, 5.74) is 2.19. The van der Waals surface area contributed by atoms with Crippen LogP contribution in [0.25, 0.3) is 27.7 Å². The molecule has 11 heteroatoms. The standard InChI is InChI=1S/C27H20F2N4O4S/c1-16-12-24(25(37-2)15-20(16)17-4-7-21(28)22(29)14-17)33-23-8-6-19(13-18(23)5-9-26(33)34)38(35,36)32-27-30-10-3-11-31-27/h3-15H,1-2H3,(H,30,31,32). The number of aromatic nitrogens is 3. The second-order valence-electron chi connectivity index (χ2n) is 8.37. The van der Waals surface area contributed by atoms with E-state index in [9.17, 15) is 22.0 Å². The number of benzene rings is 3. The van der Waals surface area contributed by atoms with Crippen LogP contribution < -0.4 is 15.0 Å². The summed E-state index contributed by atoms with van der Waals surface area (Å²) in [4.78, 5) is 20.8. The van der Waals surface area contributed by atoms with E-state index in [4.69, 9.17) is 4.74 Å². The Hall–Kier alpha value is -4.64. The van der Waals surface area contributed by atoms with Crippen LogP contribution in [0.15, 0.2) is 88.8 Å². The number of hydrogen-bond acceptors (Lipinski definition) is 6. The summed E-state index contributed by atoms with van der Waals surface area (Å²) in [7, 11) is -2.57. The molecule has 0 fully saturated rings. The molecule has 1 N–H and O–H groups in total. The molecule has 5 rings (SSSR count). The van der Waals surface area contributed by atoms with Crippen LogP contribution in [0.1, 0.15) is 5.56 Å². The van der Waals surface area contributed by atoms with Gasteiger partial charge < -0.3 is 4.74 Å². The van der Waals surface area contributed by atoms with Crippen molar-refractivity contribution in [1.29, 1.82) is 0 Å². The van der Waals surface area contributed by atoms with Gasteiger partial charge in [-0.25, -0.2) is 31.9 Å². The van der Waals surface area contributed by atoms with Gasteiger partial charge in [-0.05, 0) is 78.2 Å².